The molecule has 0 saturated carbocycles. The Balaban J connectivity index is 1.60. The number of aliphatic hydroxyl groups is 12. The van der Waals surface area contributed by atoms with E-state index >= 15 is 0 Å². The molecule has 0 aliphatic carbocycles. The van der Waals surface area contributed by atoms with Crippen molar-refractivity contribution in [1.82, 2.24) is 5.32 Å². The monoisotopic (exact) mass is 988 g/mol. The molecule has 22 nitrogen and oxygen atoms in total. The maximum atomic E-state index is 13.0. The molecule has 19 atom stereocenters. The summed E-state index contributed by atoms with van der Waals surface area (Å²) in [6.45, 7) is 1.85. The van der Waals surface area contributed by atoms with E-state index in [-0.39, 0.29) is 12.8 Å². The fraction of sp³-hybridized carbons (Fsp3) is 0.957. The topological polar surface area (TPSA) is 365 Å². The molecule has 400 valence electrons. The Bertz CT molecular complexity index is 1400. The summed E-state index contributed by atoms with van der Waals surface area (Å²) >= 11 is 0. The van der Waals surface area contributed by atoms with E-state index in [1.165, 1.54) is 71.1 Å². The van der Waals surface area contributed by atoms with Crippen molar-refractivity contribution in [2.45, 2.75) is 246 Å². The number of ether oxygens (including phenoxy) is 6. The highest BCUT2D eigenvalue weighted by Crippen LogP contribution is 2.40. The van der Waals surface area contributed by atoms with Crippen molar-refractivity contribution in [2.75, 3.05) is 26.4 Å². The number of aliphatic carboxylic acids is 1. The standard InChI is InChI=1S/C46H85NO21/c1-4-6-7-8-9-10-11-12-13-14-15-16-17-18-19-20-33(54)47-27(34(55)28(51)5-2)25-63-43-38(59)37(58)41(32(24-50)65-43)66-44-39(60)42(36(57)31(23-49)64-44)68-46(45(61)62)21-29(52)26(3)40(67-46)35(56)30(53)22-48/h26-32,34-44,48-53,55-60H,4-25H2,1-3H3,(H,47,54)(H,61,62)/t26-,27+,28-,29?,30-,31?,32+,34+,35-,36+,37?,38?,39?,40-,41-,42+,43-,44+,46+/m1/s1. The van der Waals surface area contributed by atoms with Crippen LogP contribution in [0.2, 0.25) is 0 Å². The summed E-state index contributed by atoms with van der Waals surface area (Å²) in [6, 6.07) is -1.20. The van der Waals surface area contributed by atoms with E-state index in [1.54, 1.807) is 6.92 Å². The van der Waals surface area contributed by atoms with E-state index < -0.39 is 161 Å². The lowest BCUT2D eigenvalue weighted by molar-refractivity contribution is -0.388. The van der Waals surface area contributed by atoms with Gasteiger partial charge in [-0.15, -0.1) is 0 Å². The number of hydrogen-bond acceptors (Lipinski definition) is 20. The summed E-state index contributed by atoms with van der Waals surface area (Å²) in [7, 11) is 0. The average Bonchev–Trinajstić information content (AvgIpc) is 3.32. The van der Waals surface area contributed by atoms with E-state index in [4.69, 9.17) is 28.4 Å². The van der Waals surface area contributed by atoms with Gasteiger partial charge in [0, 0.05) is 18.8 Å². The van der Waals surface area contributed by atoms with Gasteiger partial charge >= 0.3 is 5.97 Å². The summed E-state index contributed by atoms with van der Waals surface area (Å²) in [5, 5.41) is 141. The largest absolute Gasteiger partial charge is 0.477 e. The number of carbonyl (C=O) groups is 2. The number of unbranched alkanes of at least 4 members (excludes halogenated alkanes) is 14. The lowest BCUT2D eigenvalue weighted by Crippen LogP contribution is -2.68. The summed E-state index contributed by atoms with van der Waals surface area (Å²) in [6.07, 6.45) is -11.9. The summed E-state index contributed by atoms with van der Waals surface area (Å²) in [5.41, 5.74) is 0. The van der Waals surface area contributed by atoms with Gasteiger partial charge in [-0.3, -0.25) is 4.79 Å². The number of carboxylic acid groups (broad SMARTS) is 1. The smallest absolute Gasteiger partial charge is 0.364 e. The van der Waals surface area contributed by atoms with Crippen molar-refractivity contribution in [2.24, 2.45) is 5.92 Å². The predicted molar refractivity (Wildman–Crippen MR) is 239 cm³/mol. The van der Waals surface area contributed by atoms with Crippen molar-refractivity contribution >= 4 is 11.9 Å². The second-order valence-corrected chi connectivity index (χ2v) is 18.8. The molecule has 0 radical (unpaired) electrons. The summed E-state index contributed by atoms with van der Waals surface area (Å²) < 4.78 is 34.1. The molecular formula is C46H85NO21. The number of carboxylic acids is 1. The van der Waals surface area contributed by atoms with Crippen LogP contribution in [0.1, 0.15) is 136 Å². The zero-order chi connectivity index (χ0) is 50.6. The van der Waals surface area contributed by atoms with E-state index in [1.807, 2.05) is 0 Å². The first-order valence-corrected chi connectivity index (χ1v) is 24.8. The number of nitrogens with one attached hydrogen (secondary N) is 1. The minimum atomic E-state index is -2.92. The Kier molecular flexibility index (Phi) is 27.6. The third-order valence-electron chi connectivity index (χ3n) is 13.5. The zero-order valence-corrected chi connectivity index (χ0v) is 40.0. The van der Waals surface area contributed by atoms with Gasteiger partial charge in [0.25, 0.3) is 5.79 Å². The molecule has 3 heterocycles. The Hall–Kier alpha value is -1.78. The number of rotatable bonds is 33. The van der Waals surface area contributed by atoms with Crippen LogP contribution in [0.5, 0.6) is 0 Å². The lowest BCUT2D eigenvalue weighted by atomic mass is 9.84. The number of aliphatic hydroxyl groups excluding tert-OH is 12. The number of carbonyl (C=O) groups excluding carboxylic acids is 1. The van der Waals surface area contributed by atoms with Gasteiger partial charge in [-0.25, -0.2) is 4.79 Å². The Morgan fingerprint density at radius 1 is 0.691 bits per heavy atom. The van der Waals surface area contributed by atoms with Crippen LogP contribution in [0.25, 0.3) is 0 Å². The fourth-order valence-electron chi connectivity index (χ4n) is 8.93. The van der Waals surface area contributed by atoms with Gasteiger partial charge in [0.1, 0.15) is 67.1 Å². The highest BCUT2D eigenvalue weighted by atomic mass is 16.8. The van der Waals surface area contributed by atoms with Gasteiger partial charge in [0.15, 0.2) is 12.6 Å². The average molecular weight is 988 g/mol. The van der Waals surface area contributed by atoms with Crippen molar-refractivity contribution < 1.29 is 104 Å². The molecule has 3 fully saturated rings. The second kappa shape index (κ2) is 31.0. The molecule has 3 aliphatic rings. The molecule has 3 rings (SSSR count). The minimum absolute atomic E-state index is 0.124. The van der Waals surface area contributed by atoms with Crippen molar-refractivity contribution in [3.8, 4) is 0 Å². The Morgan fingerprint density at radius 3 is 1.75 bits per heavy atom. The fourth-order valence-corrected chi connectivity index (χ4v) is 8.93. The first kappa shape index (κ1) is 60.5. The summed E-state index contributed by atoms with van der Waals surface area (Å²) in [5.74, 6) is -6.25. The van der Waals surface area contributed by atoms with E-state index in [0.29, 0.717) is 6.42 Å². The maximum Gasteiger partial charge on any atom is 0.364 e. The van der Waals surface area contributed by atoms with Gasteiger partial charge in [-0.1, -0.05) is 111 Å². The molecule has 22 heteroatoms. The van der Waals surface area contributed by atoms with Crippen LogP contribution in [0.3, 0.4) is 0 Å². The van der Waals surface area contributed by atoms with E-state index in [2.05, 4.69) is 12.2 Å². The van der Waals surface area contributed by atoms with Gasteiger partial charge in [0.05, 0.1) is 50.8 Å². The molecule has 0 bridgehead atoms. The van der Waals surface area contributed by atoms with Crippen molar-refractivity contribution in [1.29, 1.82) is 0 Å². The molecule has 5 unspecified atom stereocenters. The van der Waals surface area contributed by atoms with Crippen molar-refractivity contribution in [3.63, 3.8) is 0 Å². The molecule has 14 N–H and O–H groups in total. The van der Waals surface area contributed by atoms with Crippen LogP contribution >= 0.6 is 0 Å². The minimum Gasteiger partial charge on any atom is -0.477 e. The first-order valence-electron chi connectivity index (χ1n) is 24.8. The molecule has 3 saturated heterocycles. The van der Waals surface area contributed by atoms with Crippen LogP contribution in [-0.2, 0) is 38.0 Å². The molecule has 68 heavy (non-hydrogen) atoms. The molecule has 0 spiro atoms. The van der Waals surface area contributed by atoms with Gasteiger partial charge in [-0.05, 0) is 12.8 Å². The van der Waals surface area contributed by atoms with Crippen LogP contribution in [0.4, 0.5) is 0 Å². The zero-order valence-electron chi connectivity index (χ0n) is 40.0. The first-order chi connectivity index (χ1) is 32.4. The SMILES string of the molecule is CCCCCCCCCCCCCCCCCC(=O)N[C@@H](CO[C@@H]1O[C@@H](CO)[C@@H](O[C@@H]2OC(CO)[C@H](O)[C@H](O[C@]3(C(=O)O)CC(O)[C@@H](C)[C@H]([C@H](O)[C@H](O)CO)O3)C2O)C(O)C1O)[C@H](O)[C@H](O)CC. The van der Waals surface area contributed by atoms with Crippen LogP contribution in [0, 0.1) is 5.92 Å². The predicted octanol–water partition coefficient (Wildman–Crippen LogP) is -1.19. The number of hydrogen-bond donors (Lipinski definition) is 14. The Morgan fingerprint density at radius 2 is 1.24 bits per heavy atom. The van der Waals surface area contributed by atoms with Gasteiger partial charge in [0.2, 0.25) is 5.91 Å². The number of amides is 1. The molecular weight excluding hydrogens is 902 g/mol. The van der Waals surface area contributed by atoms with E-state index in [0.717, 1.165) is 25.7 Å². The van der Waals surface area contributed by atoms with Crippen LogP contribution in [-0.4, -0.2) is 215 Å². The highest BCUT2D eigenvalue weighted by Gasteiger charge is 2.59. The maximum absolute atomic E-state index is 13.0. The molecule has 0 aromatic rings. The van der Waals surface area contributed by atoms with Crippen molar-refractivity contribution in [3.05, 3.63) is 0 Å². The van der Waals surface area contributed by atoms with Gasteiger partial charge in [-0.2, -0.15) is 0 Å². The molecule has 1 amide bonds. The summed E-state index contributed by atoms with van der Waals surface area (Å²) in [4.78, 5) is 25.7. The molecule has 3 aliphatic heterocycles. The molecule has 0 aromatic carbocycles. The van der Waals surface area contributed by atoms with Crippen LogP contribution in [0.15, 0.2) is 0 Å². The Labute approximate surface area is 399 Å². The van der Waals surface area contributed by atoms with Gasteiger partial charge < -0.3 is 100 Å². The third kappa shape index (κ3) is 17.5. The highest BCUT2D eigenvalue weighted by molar-refractivity contribution is 5.76. The van der Waals surface area contributed by atoms with E-state index in [9.17, 15) is 76.0 Å². The second-order valence-electron chi connectivity index (χ2n) is 18.8. The lowest BCUT2D eigenvalue weighted by Gasteiger charge is -2.50. The molecule has 0 aromatic heterocycles. The normalized spacial score (nSPS) is 34.5. The van der Waals surface area contributed by atoms with Crippen LogP contribution < -0.4 is 5.32 Å². The third-order valence-corrected chi connectivity index (χ3v) is 13.5. The quantitative estimate of drug-likeness (QED) is 0.0344.